The van der Waals surface area contributed by atoms with Crippen LogP contribution in [0, 0.1) is 16.7 Å². The Morgan fingerprint density at radius 3 is 2.65 bits per heavy atom. The molecule has 0 spiro atoms. The van der Waals surface area contributed by atoms with E-state index in [2.05, 4.69) is 26.1 Å². The van der Waals surface area contributed by atoms with Gasteiger partial charge in [-0.05, 0) is 43.4 Å². The molecule has 2 fully saturated rings. The van der Waals surface area contributed by atoms with Crippen molar-refractivity contribution in [3.63, 3.8) is 0 Å². The minimum atomic E-state index is 0.363. The van der Waals surface area contributed by atoms with E-state index in [0.717, 1.165) is 32.2 Å². The van der Waals surface area contributed by atoms with Crippen molar-refractivity contribution in [3.8, 4) is 0 Å². The molecule has 20 heavy (non-hydrogen) atoms. The topological polar surface area (TPSA) is 30.5 Å². The lowest BCUT2D eigenvalue weighted by molar-refractivity contribution is 0.0208. The van der Waals surface area contributed by atoms with Gasteiger partial charge in [0.2, 0.25) is 0 Å². The minimum Gasteiger partial charge on any atom is -0.383 e. The van der Waals surface area contributed by atoms with E-state index in [0.29, 0.717) is 16.9 Å². The van der Waals surface area contributed by atoms with Crippen LogP contribution >= 0.6 is 0 Å². The third-order valence-electron chi connectivity index (χ3n) is 4.88. The maximum absolute atomic E-state index is 6.14. The van der Waals surface area contributed by atoms with E-state index in [1.54, 1.807) is 7.11 Å². The lowest BCUT2D eigenvalue weighted by Gasteiger charge is -2.37. The highest BCUT2D eigenvalue weighted by atomic mass is 16.5. The van der Waals surface area contributed by atoms with Crippen LogP contribution in [0.25, 0.3) is 0 Å². The molecule has 1 heterocycles. The molecule has 0 bridgehead atoms. The van der Waals surface area contributed by atoms with Crippen LogP contribution in [0.2, 0.25) is 0 Å². The summed E-state index contributed by atoms with van der Waals surface area (Å²) in [6.07, 6.45) is 7.05. The zero-order valence-corrected chi connectivity index (χ0v) is 13.8. The molecule has 0 aromatic rings. The molecule has 118 valence electrons. The Morgan fingerprint density at radius 2 is 2.05 bits per heavy atom. The van der Waals surface area contributed by atoms with Crippen molar-refractivity contribution >= 4 is 0 Å². The number of methoxy groups -OCH3 is 1. The van der Waals surface area contributed by atoms with Crippen molar-refractivity contribution in [2.45, 2.75) is 59.0 Å². The van der Waals surface area contributed by atoms with Crippen molar-refractivity contribution in [1.29, 1.82) is 0 Å². The second kappa shape index (κ2) is 6.76. The van der Waals surface area contributed by atoms with E-state index in [9.17, 15) is 0 Å². The van der Waals surface area contributed by atoms with E-state index in [4.69, 9.17) is 9.47 Å². The Balaban J connectivity index is 1.94. The van der Waals surface area contributed by atoms with Crippen molar-refractivity contribution in [1.82, 2.24) is 5.32 Å². The van der Waals surface area contributed by atoms with Crippen LogP contribution < -0.4 is 5.32 Å². The molecule has 0 radical (unpaired) electrons. The summed E-state index contributed by atoms with van der Waals surface area (Å²) in [4.78, 5) is 0. The van der Waals surface area contributed by atoms with Gasteiger partial charge in [0.05, 0.1) is 12.7 Å². The predicted molar refractivity (Wildman–Crippen MR) is 82.9 cm³/mol. The molecule has 1 aliphatic heterocycles. The molecular formula is C17H33NO2. The summed E-state index contributed by atoms with van der Waals surface area (Å²) in [5.41, 5.74) is 0.776. The van der Waals surface area contributed by atoms with Gasteiger partial charge in [0, 0.05) is 32.2 Å². The molecule has 2 aliphatic rings. The smallest absolute Gasteiger partial charge is 0.0672 e. The first-order valence-corrected chi connectivity index (χ1v) is 8.28. The largest absolute Gasteiger partial charge is 0.383 e. The van der Waals surface area contributed by atoms with Gasteiger partial charge < -0.3 is 14.8 Å². The lowest BCUT2D eigenvalue weighted by Crippen LogP contribution is -2.43. The number of hydrogen-bond acceptors (Lipinski definition) is 3. The molecule has 0 amide bonds. The molecule has 1 N–H and O–H groups in total. The zero-order valence-electron chi connectivity index (χ0n) is 13.8. The van der Waals surface area contributed by atoms with Gasteiger partial charge in [-0.3, -0.25) is 0 Å². The summed E-state index contributed by atoms with van der Waals surface area (Å²) in [6.45, 7) is 10.8. The summed E-state index contributed by atoms with van der Waals surface area (Å²) in [6, 6.07) is 0. The number of rotatable bonds is 8. The van der Waals surface area contributed by atoms with Gasteiger partial charge in [-0.25, -0.2) is 0 Å². The maximum atomic E-state index is 6.14. The molecule has 1 aliphatic carbocycles. The van der Waals surface area contributed by atoms with E-state index >= 15 is 0 Å². The highest BCUT2D eigenvalue weighted by Crippen LogP contribution is 2.50. The predicted octanol–water partition coefficient (Wildman–Crippen LogP) is 3.23. The van der Waals surface area contributed by atoms with Gasteiger partial charge in [0.15, 0.2) is 0 Å². The van der Waals surface area contributed by atoms with Crippen molar-refractivity contribution in [2.24, 2.45) is 16.7 Å². The van der Waals surface area contributed by atoms with Crippen LogP contribution in [0.1, 0.15) is 52.9 Å². The van der Waals surface area contributed by atoms with Crippen LogP contribution in [-0.4, -0.2) is 39.5 Å². The summed E-state index contributed by atoms with van der Waals surface area (Å²) >= 11 is 0. The first-order valence-electron chi connectivity index (χ1n) is 8.28. The Morgan fingerprint density at radius 1 is 1.30 bits per heavy atom. The Bertz CT molecular complexity index is 296. The summed E-state index contributed by atoms with van der Waals surface area (Å²) in [7, 11) is 1.77. The summed E-state index contributed by atoms with van der Waals surface area (Å²) in [5.74, 6) is 0.835. The molecular weight excluding hydrogens is 250 g/mol. The second-order valence-electron chi connectivity index (χ2n) is 7.97. The van der Waals surface area contributed by atoms with Crippen LogP contribution in [0.3, 0.4) is 0 Å². The molecule has 2 unspecified atom stereocenters. The van der Waals surface area contributed by atoms with Crippen molar-refractivity contribution in [3.05, 3.63) is 0 Å². The van der Waals surface area contributed by atoms with E-state index < -0.39 is 0 Å². The molecule has 2 atom stereocenters. The van der Waals surface area contributed by atoms with Gasteiger partial charge in [-0.1, -0.05) is 20.8 Å². The van der Waals surface area contributed by atoms with Crippen LogP contribution in [0.4, 0.5) is 0 Å². The van der Waals surface area contributed by atoms with Gasteiger partial charge in [-0.15, -0.1) is 0 Å². The quantitative estimate of drug-likeness (QED) is 0.694. The second-order valence-corrected chi connectivity index (χ2v) is 7.97. The van der Waals surface area contributed by atoms with Gasteiger partial charge in [0.1, 0.15) is 0 Å². The average Bonchev–Trinajstić information content (AvgIpc) is 3.13. The van der Waals surface area contributed by atoms with Crippen molar-refractivity contribution < 1.29 is 9.47 Å². The lowest BCUT2D eigenvalue weighted by atomic mass is 9.72. The Labute approximate surface area is 124 Å². The first-order chi connectivity index (χ1) is 9.47. The highest BCUT2D eigenvalue weighted by Gasteiger charge is 2.50. The van der Waals surface area contributed by atoms with Crippen LogP contribution in [0.5, 0.6) is 0 Å². The monoisotopic (exact) mass is 283 g/mol. The standard InChI is InChI=1S/C17H33NO2/c1-16(2,3)7-8-17(13-18-10-12-19-4)9-11-20-15(17)14-5-6-14/h14-15,18H,5-13H2,1-4H3. The van der Waals surface area contributed by atoms with E-state index in [-0.39, 0.29) is 0 Å². The molecule has 3 nitrogen and oxygen atoms in total. The third kappa shape index (κ3) is 4.44. The normalized spacial score (nSPS) is 30.9. The summed E-state index contributed by atoms with van der Waals surface area (Å²) in [5, 5.41) is 3.61. The molecule has 3 heteroatoms. The average molecular weight is 283 g/mol. The Hall–Kier alpha value is -0.120. The zero-order chi connectivity index (χ0) is 14.6. The molecule has 2 rings (SSSR count). The van der Waals surface area contributed by atoms with E-state index in [1.165, 1.54) is 32.1 Å². The fourth-order valence-electron chi connectivity index (χ4n) is 3.42. The number of nitrogens with one attached hydrogen (secondary N) is 1. The first kappa shape index (κ1) is 16.3. The van der Waals surface area contributed by atoms with E-state index in [1.807, 2.05) is 0 Å². The fraction of sp³-hybridized carbons (Fsp3) is 1.00. The van der Waals surface area contributed by atoms with Crippen LogP contribution in [-0.2, 0) is 9.47 Å². The van der Waals surface area contributed by atoms with Gasteiger partial charge in [0.25, 0.3) is 0 Å². The highest BCUT2D eigenvalue weighted by molar-refractivity contribution is 5.01. The number of hydrogen-bond donors (Lipinski definition) is 1. The number of ether oxygens (including phenoxy) is 2. The van der Waals surface area contributed by atoms with Gasteiger partial charge >= 0.3 is 0 Å². The molecule has 1 saturated heterocycles. The Kier molecular flexibility index (Phi) is 5.49. The third-order valence-corrected chi connectivity index (χ3v) is 4.88. The molecule has 1 saturated carbocycles. The molecule has 0 aromatic carbocycles. The maximum Gasteiger partial charge on any atom is 0.0672 e. The van der Waals surface area contributed by atoms with Crippen LogP contribution in [0.15, 0.2) is 0 Å². The SMILES string of the molecule is COCCNCC1(CCC(C)(C)C)CCOC1C1CC1. The minimum absolute atomic E-state index is 0.363. The molecule has 0 aromatic heterocycles. The summed E-state index contributed by atoms with van der Waals surface area (Å²) < 4.78 is 11.3. The van der Waals surface area contributed by atoms with Crippen molar-refractivity contribution in [2.75, 3.05) is 33.4 Å². The van der Waals surface area contributed by atoms with Gasteiger partial charge in [-0.2, -0.15) is 0 Å². The fourth-order valence-corrected chi connectivity index (χ4v) is 3.42.